The summed E-state index contributed by atoms with van der Waals surface area (Å²) in [5, 5.41) is 8.69. The minimum atomic E-state index is 0.569. The van der Waals surface area contributed by atoms with Crippen molar-refractivity contribution >= 4 is 5.82 Å². The molecule has 78 valence electrons. The zero-order valence-electron chi connectivity index (χ0n) is 8.98. The van der Waals surface area contributed by atoms with Gasteiger partial charge in [-0.1, -0.05) is 0 Å². The van der Waals surface area contributed by atoms with Crippen LogP contribution in [0.3, 0.4) is 0 Å². The van der Waals surface area contributed by atoms with Gasteiger partial charge in [0.2, 0.25) is 0 Å². The van der Waals surface area contributed by atoms with E-state index in [9.17, 15) is 0 Å². The molecule has 1 aromatic rings. The van der Waals surface area contributed by atoms with Gasteiger partial charge in [0.15, 0.2) is 0 Å². The number of hydrogen-bond acceptors (Lipinski definition) is 3. The molecule has 3 heteroatoms. The summed E-state index contributed by atoms with van der Waals surface area (Å²) in [4.78, 5) is 6.65. The fourth-order valence-corrected chi connectivity index (χ4v) is 2.06. The second-order valence-corrected chi connectivity index (χ2v) is 4.06. The Balaban J connectivity index is 2.18. The highest BCUT2D eigenvalue weighted by Crippen LogP contribution is 2.22. The van der Waals surface area contributed by atoms with E-state index in [1.54, 1.807) is 6.20 Å². The lowest BCUT2D eigenvalue weighted by atomic mass is 10.0. The lowest BCUT2D eigenvalue weighted by Gasteiger charge is -2.34. The quantitative estimate of drug-likeness (QED) is 0.700. The molecule has 2 heterocycles. The van der Waals surface area contributed by atoms with E-state index in [1.165, 1.54) is 19.3 Å². The largest absolute Gasteiger partial charge is 0.354 e. The predicted molar refractivity (Wildman–Crippen MR) is 59.6 cm³/mol. The molecular formula is C12H15N3. The Kier molecular flexibility index (Phi) is 2.86. The van der Waals surface area contributed by atoms with Gasteiger partial charge in [-0.05, 0) is 38.3 Å². The van der Waals surface area contributed by atoms with Crippen LogP contribution in [0.2, 0.25) is 0 Å². The number of anilines is 1. The molecule has 0 amide bonds. The summed E-state index contributed by atoms with van der Waals surface area (Å²) < 4.78 is 0. The fraction of sp³-hybridized carbons (Fsp3) is 0.500. The van der Waals surface area contributed by atoms with Crippen LogP contribution in [0.25, 0.3) is 0 Å². The van der Waals surface area contributed by atoms with Gasteiger partial charge in [-0.15, -0.1) is 0 Å². The Morgan fingerprint density at radius 3 is 2.93 bits per heavy atom. The van der Waals surface area contributed by atoms with Crippen LogP contribution in [-0.4, -0.2) is 17.6 Å². The molecule has 0 spiro atoms. The molecule has 0 aliphatic carbocycles. The van der Waals surface area contributed by atoms with E-state index in [4.69, 9.17) is 5.26 Å². The van der Waals surface area contributed by atoms with E-state index in [0.29, 0.717) is 11.6 Å². The summed E-state index contributed by atoms with van der Waals surface area (Å²) >= 11 is 0. The standard InChI is InChI=1S/C12H15N3/c1-10-4-2-3-7-15(10)12-6-5-11(8-13)9-14-12/h5-6,9-10H,2-4,7H2,1H3/t10-/m1/s1. The molecule has 1 atom stereocenters. The normalized spacial score (nSPS) is 21.1. The molecular weight excluding hydrogens is 186 g/mol. The summed E-state index contributed by atoms with van der Waals surface area (Å²) in [5.74, 6) is 1.00. The lowest BCUT2D eigenvalue weighted by molar-refractivity contribution is 0.481. The van der Waals surface area contributed by atoms with E-state index in [0.717, 1.165) is 12.4 Å². The molecule has 3 nitrogen and oxygen atoms in total. The van der Waals surface area contributed by atoms with Crippen LogP contribution in [-0.2, 0) is 0 Å². The Morgan fingerprint density at radius 1 is 1.47 bits per heavy atom. The van der Waals surface area contributed by atoms with Gasteiger partial charge in [0.25, 0.3) is 0 Å². The van der Waals surface area contributed by atoms with Crippen molar-refractivity contribution < 1.29 is 0 Å². The Morgan fingerprint density at radius 2 is 2.33 bits per heavy atom. The molecule has 2 rings (SSSR count). The van der Waals surface area contributed by atoms with Gasteiger partial charge in [-0.2, -0.15) is 5.26 Å². The molecule has 1 aliphatic heterocycles. The van der Waals surface area contributed by atoms with Crippen LogP contribution in [0, 0.1) is 11.3 Å². The first-order valence-electron chi connectivity index (χ1n) is 5.44. The van der Waals surface area contributed by atoms with Crippen molar-refractivity contribution in [2.75, 3.05) is 11.4 Å². The molecule has 1 aromatic heterocycles. The average molecular weight is 201 g/mol. The maximum Gasteiger partial charge on any atom is 0.128 e. The van der Waals surface area contributed by atoms with E-state index in [2.05, 4.69) is 22.9 Å². The van der Waals surface area contributed by atoms with E-state index in [-0.39, 0.29) is 0 Å². The number of pyridine rings is 1. The Labute approximate surface area is 90.4 Å². The third kappa shape index (κ3) is 2.10. The number of hydrogen-bond donors (Lipinski definition) is 0. The monoisotopic (exact) mass is 201 g/mol. The summed E-state index contributed by atoms with van der Waals surface area (Å²) in [6.07, 6.45) is 5.44. The minimum absolute atomic E-state index is 0.569. The third-order valence-corrected chi connectivity index (χ3v) is 2.97. The first-order valence-corrected chi connectivity index (χ1v) is 5.44. The van der Waals surface area contributed by atoms with E-state index >= 15 is 0 Å². The van der Waals surface area contributed by atoms with Crippen LogP contribution < -0.4 is 4.90 Å². The molecule has 15 heavy (non-hydrogen) atoms. The molecule has 0 bridgehead atoms. The first kappa shape index (κ1) is 9.97. The zero-order valence-corrected chi connectivity index (χ0v) is 8.98. The highest BCUT2D eigenvalue weighted by Gasteiger charge is 2.19. The van der Waals surface area contributed by atoms with Crippen LogP contribution in [0.15, 0.2) is 18.3 Å². The Hall–Kier alpha value is -1.56. The average Bonchev–Trinajstić information content (AvgIpc) is 2.30. The van der Waals surface area contributed by atoms with E-state index < -0.39 is 0 Å². The fourth-order valence-electron chi connectivity index (χ4n) is 2.06. The molecule has 0 N–H and O–H groups in total. The molecule has 0 aromatic carbocycles. The van der Waals surface area contributed by atoms with Gasteiger partial charge in [-0.3, -0.25) is 0 Å². The van der Waals surface area contributed by atoms with Crippen molar-refractivity contribution in [3.05, 3.63) is 23.9 Å². The topological polar surface area (TPSA) is 39.9 Å². The van der Waals surface area contributed by atoms with Gasteiger partial charge in [0, 0.05) is 18.8 Å². The molecule has 1 fully saturated rings. The summed E-state index contributed by atoms with van der Waals surface area (Å²) in [7, 11) is 0. The van der Waals surface area contributed by atoms with E-state index in [1.807, 2.05) is 12.1 Å². The van der Waals surface area contributed by atoms with Crippen molar-refractivity contribution in [1.29, 1.82) is 5.26 Å². The first-order chi connectivity index (χ1) is 7.31. The molecule has 0 radical (unpaired) electrons. The van der Waals surface area contributed by atoms with Gasteiger partial charge >= 0.3 is 0 Å². The number of nitrogens with zero attached hydrogens (tertiary/aromatic N) is 3. The highest BCUT2D eigenvalue weighted by molar-refractivity contribution is 5.43. The van der Waals surface area contributed by atoms with Gasteiger partial charge in [-0.25, -0.2) is 4.98 Å². The minimum Gasteiger partial charge on any atom is -0.354 e. The number of aromatic nitrogens is 1. The summed E-state index contributed by atoms with van der Waals surface area (Å²) in [6.45, 7) is 3.32. The summed E-state index contributed by atoms with van der Waals surface area (Å²) in [6, 6.07) is 6.44. The predicted octanol–water partition coefficient (Wildman–Crippen LogP) is 2.33. The van der Waals surface area contributed by atoms with Crippen LogP contribution >= 0.6 is 0 Å². The SMILES string of the molecule is C[C@@H]1CCCCN1c1ccc(C#N)cn1. The number of nitriles is 1. The molecule has 1 aliphatic rings. The van der Waals surface area contributed by atoms with Crippen LogP contribution in [0.1, 0.15) is 31.7 Å². The maximum absolute atomic E-state index is 8.69. The molecule has 1 saturated heterocycles. The van der Waals surface area contributed by atoms with Gasteiger partial charge < -0.3 is 4.90 Å². The number of rotatable bonds is 1. The Bertz CT molecular complexity index is 363. The highest BCUT2D eigenvalue weighted by atomic mass is 15.2. The van der Waals surface area contributed by atoms with Crippen molar-refractivity contribution in [1.82, 2.24) is 4.98 Å². The van der Waals surface area contributed by atoms with Crippen LogP contribution in [0.4, 0.5) is 5.82 Å². The van der Waals surface area contributed by atoms with Gasteiger partial charge in [0.1, 0.15) is 11.9 Å². The lowest BCUT2D eigenvalue weighted by Crippen LogP contribution is -2.37. The second kappa shape index (κ2) is 4.31. The third-order valence-electron chi connectivity index (χ3n) is 2.97. The molecule has 0 saturated carbocycles. The second-order valence-electron chi connectivity index (χ2n) is 4.06. The number of piperidine rings is 1. The van der Waals surface area contributed by atoms with Crippen LogP contribution in [0.5, 0.6) is 0 Å². The van der Waals surface area contributed by atoms with Gasteiger partial charge in [0.05, 0.1) is 5.56 Å². The van der Waals surface area contributed by atoms with Crippen molar-refractivity contribution in [2.45, 2.75) is 32.2 Å². The summed E-state index contributed by atoms with van der Waals surface area (Å²) in [5.41, 5.74) is 0.628. The van der Waals surface area contributed by atoms with Crippen molar-refractivity contribution in [2.24, 2.45) is 0 Å². The smallest absolute Gasteiger partial charge is 0.128 e. The van der Waals surface area contributed by atoms with Crippen molar-refractivity contribution in [3.63, 3.8) is 0 Å². The van der Waals surface area contributed by atoms with Crippen molar-refractivity contribution in [3.8, 4) is 6.07 Å². The zero-order chi connectivity index (χ0) is 10.7. The molecule has 0 unspecified atom stereocenters. The maximum atomic E-state index is 8.69.